The van der Waals surface area contributed by atoms with Gasteiger partial charge in [-0.15, -0.1) is 5.26 Å². The van der Waals surface area contributed by atoms with Crippen molar-refractivity contribution < 1.29 is 9.53 Å². The first kappa shape index (κ1) is 9.19. The number of hydrogen-bond acceptors (Lipinski definition) is 4. The number of esters is 1. The van der Waals surface area contributed by atoms with Gasteiger partial charge in [-0.2, -0.15) is 5.26 Å². The molecule has 0 aliphatic carbocycles. The first-order chi connectivity index (χ1) is 5.26. The highest BCUT2D eigenvalue weighted by Gasteiger charge is 2.08. The van der Waals surface area contributed by atoms with E-state index >= 15 is 0 Å². The van der Waals surface area contributed by atoms with Crippen molar-refractivity contribution >= 4 is 5.97 Å². The Labute approximate surface area is 64.3 Å². The minimum Gasteiger partial charge on any atom is -0.346 e. The van der Waals surface area contributed by atoms with Crippen LogP contribution in [0.3, 0.4) is 0 Å². The quantitative estimate of drug-likeness (QED) is 0.253. The molecule has 0 bridgehead atoms. The van der Waals surface area contributed by atoms with E-state index in [9.17, 15) is 4.79 Å². The number of nitrogens with zero attached hydrogens (tertiary/aromatic N) is 2. The average Bonchev–Trinajstić information content (AvgIpc) is 2.00. The van der Waals surface area contributed by atoms with Gasteiger partial charge in [0.05, 0.1) is 0 Å². The summed E-state index contributed by atoms with van der Waals surface area (Å²) in [4.78, 5) is 10.6. The fourth-order valence-electron chi connectivity index (χ4n) is 0.475. The monoisotopic (exact) mass is 150 g/mol. The number of nitriles is 2. The van der Waals surface area contributed by atoms with Gasteiger partial charge >= 0.3 is 5.97 Å². The second-order valence-corrected chi connectivity index (χ2v) is 1.62. The van der Waals surface area contributed by atoms with Gasteiger partial charge in [0, 0.05) is 0 Å². The fraction of sp³-hybridized carbons (Fsp3) is 0.286. The minimum absolute atomic E-state index is 0.131. The largest absolute Gasteiger partial charge is 0.363 e. The van der Waals surface area contributed by atoms with Crippen molar-refractivity contribution in [3.8, 4) is 12.3 Å². The Balaban J connectivity index is 4.33. The molecule has 0 fully saturated rings. The van der Waals surface area contributed by atoms with E-state index in [1.165, 1.54) is 12.3 Å². The zero-order valence-electron chi connectivity index (χ0n) is 6.00. The van der Waals surface area contributed by atoms with Crippen molar-refractivity contribution in [2.24, 2.45) is 0 Å². The zero-order valence-corrected chi connectivity index (χ0v) is 6.00. The van der Waals surface area contributed by atoms with E-state index in [-0.39, 0.29) is 5.57 Å². The molecule has 0 spiro atoms. The number of carbonyl (C=O) groups excluding carboxylic acids is 1. The van der Waals surface area contributed by atoms with E-state index in [2.05, 4.69) is 4.74 Å². The number of carbonyl (C=O) groups is 1. The molecule has 0 radical (unpaired) electrons. The van der Waals surface area contributed by atoms with E-state index in [1.54, 1.807) is 13.0 Å². The predicted octanol–water partition coefficient (Wildman–Crippen LogP) is 0.871. The van der Waals surface area contributed by atoms with E-state index in [0.717, 1.165) is 0 Å². The van der Waals surface area contributed by atoms with Gasteiger partial charge in [-0.3, -0.25) is 0 Å². The molecule has 0 N–H and O–H groups in total. The van der Waals surface area contributed by atoms with Gasteiger partial charge in [0.1, 0.15) is 11.6 Å². The van der Waals surface area contributed by atoms with Crippen molar-refractivity contribution in [2.75, 3.05) is 0 Å². The molecular weight excluding hydrogens is 144 g/mol. The summed E-state index contributed by atoms with van der Waals surface area (Å²) in [7, 11) is 0. The summed E-state index contributed by atoms with van der Waals surface area (Å²) in [5, 5.41) is 16.2. The van der Waals surface area contributed by atoms with Crippen molar-refractivity contribution in [3.05, 3.63) is 11.6 Å². The van der Waals surface area contributed by atoms with Crippen LogP contribution in [0.15, 0.2) is 11.6 Å². The Morgan fingerprint density at radius 3 is 2.64 bits per heavy atom. The summed E-state index contributed by atoms with van der Waals surface area (Å²) in [6.45, 7) is 1.77. The zero-order chi connectivity index (χ0) is 8.69. The van der Waals surface area contributed by atoms with Crippen molar-refractivity contribution in [2.45, 2.75) is 13.3 Å². The topological polar surface area (TPSA) is 73.9 Å². The molecule has 0 aromatic carbocycles. The van der Waals surface area contributed by atoms with Crippen LogP contribution in [0.1, 0.15) is 13.3 Å². The maximum Gasteiger partial charge on any atom is 0.363 e. The van der Waals surface area contributed by atoms with Gasteiger partial charge in [-0.05, 0) is 6.42 Å². The lowest BCUT2D eigenvalue weighted by Gasteiger charge is -1.89. The molecule has 0 heterocycles. The third-order valence-corrected chi connectivity index (χ3v) is 0.887. The number of rotatable bonds is 2. The van der Waals surface area contributed by atoms with Crippen LogP contribution in [0, 0.1) is 22.8 Å². The molecule has 0 aromatic rings. The molecule has 11 heavy (non-hydrogen) atoms. The maximum atomic E-state index is 10.6. The van der Waals surface area contributed by atoms with Crippen LogP contribution in [0.5, 0.6) is 0 Å². The molecule has 0 aliphatic heterocycles. The fourth-order valence-corrected chi connectivity index (χ4v) is 0.475. The number of hydrogen-bond donors (Lipinski definition) is 0. The van der Waals surface area contributed by atoms with Crippen LogP contribution >= 0.6 is 0 Å². The Morgan fingerprint density at radius 2 is 2.27 bits per heavy atom. The highest BCUT2D eigenvalue weighted by atomic mass is 16.5. The minimum atomic E-state index is -0.892. The SMILES string of the molecule is CCC=C(C#N)C(=O)OC#N. The average molecular weight is 150 g/mol. The molecule has 0 amide bonds. The van der Waals surface area contributed by atoms with Crippen LogP contribution in [-0.4, -0.2) is 5.97 Å². The normalized spacial score (nSPS) is 9.55. The molecular formula is C7H6N2O2. The molecule has 0 rings (SSSR count). The maximum absolute atomic E-state index is 10.6. The van der Waals surface area contributed by atoms with Crippen molar-refractivity contribution in [1.29, 1.82) is 10.5 Å². The molecule has 0 unspecified atom stereocenters. The van der Waals surface area contributed by atoms with E-state index in [4.69, 9.17) is 10.5 Å². The molecule has 0 aromatic heterocycles. The summed E-state index contributed by atoms with van der Waals surface area (Å²) < 4.78 is 3.92. The summed E-state index contributed by atoms with van der Waals surface area (Å²) in [5.41, 5.74) is -0.131. The van der Waals surface area contributed by atoms with Gasteiger partial charge in [0.25, 0.3) is 6.26 Å². The molecule has 0 atom stereocenters. The first-order valence-electron chi connectivity index (χ1n) is 2.96. The lowest BCUT2D eigenvalue weighted by molar-refractivity contribution is -0.132. The number of allylic oxidation sites excluding steroid dienone is 1. The Morgan fingerprint density at radius 1 is 1.64 bits per heavy atom. The van der Waals surface area contributed by atoms with E-state index < -0.39 is 5.97 Å². The molecule has 0 saturated carbocycles. The van der Waals surface area contributed by atoms with Crippen LogP contribution in [0.4, 0.5) is 0 Å². The Hall–Kier alpha value is -1.81. The summed E-state index contributed by atoms with van der Waals surface area (Å²) >= 11 is 0. The van der Waals surface area contributed by atoms with Crippen LogP contribution < -0.4 is 0 Å². The van der Waals surface area contributed by atoms with E-state index in [0.29, 0.717) is 6.42 Å². The third kappa shape index (κ3) is 3.02. The van der Waals surface area contributed by atoms with Crippen LogP contribution in [-0.2, 0) is 9.53 Å². The van der Waals surface area contributed by atoms with Gasteiger partial charge in [0.2, 0.25) is 0 Å². The first-order valence-corrected chi connectivity index (χ1v) is 2.96. The van der Waals surface area contributed by atoms with E-state index in [1.807, 2.05) is 0 Å². The summed E-state index contributed by atoms with van der Waals surface area (Å²) in [6, 6.07) is 1.62. The Kier molecular flexibility index (Phi) is 4.19. The second kappa shape index (κ2) is 5.01. The second-order valence-electron chi connectivity index (χ2n) is 1.62. The standard InChI is InChI=1S/C7H6N2O2/c1-2-3-6(4-8)7(10)11-5-9/h3H,2H2,1H3. The van der Waals surface area contributed by atoms with Gasteiger partial charge < -0.3 is 4.74 Å². The van der Waals surface area contributed by atoms with Gasteiger partial charge in [-0.25, -0.2) is 4.79 Å². The summed E-state index contributed by atoms with van der Waals surface area (Å²) in [5.74, 6) is -0.892. The molecule has 4 heteroatoms. The van der Waals surface area contributed by atoms with Crippen LogP contribution in [0.25, 0.3) is 0 Å². The van der Waals surface area contributed by atoms with Crippen molar-refractivity contribution in [3.63, 3.8) is 0 Å². The number of ether oxygens (including phenoxy) is 1. The predicted molar refractivity (Wildman–Crippen MR) is 35.7 cm³/mol. The lowest BCUT2D eigenvalue weighted by Crippen LogP contribution is -2.02. The summed E-state index contributed by atoms with van der Waals surface area (Å²) in [6.07, 6.45) is 3.16. The molecule has 0 aliphatic rings. The highest BCUT2D eigenvalue weighted by molar-refractivity contribution is 5.93. The van der Waals surface area contributed by atoms with Crippen molar-refractivity contribution in [1.82, 2.24) is 0 Å². The Bertz CT molecular complexity index is 255. The molecule has 0 saturated heterocycles. The highest BCUT2D eigenvalue weighted by Crippen LogP contribution is 1.97. The van der Waals surface area contributed by atoms with Gasteiger partial charge in [0.15, 0.2) is 0 Å². The molecule has 4 nitrogen and oxygen atoms in total. The molecule has 56 valence electrons. The lowest BCUT2D eigenvalue weighted by atomic mass is 10.2. The third-order valence-electron chi connectivity index (χ3n) is 0.887. The van der Waals surface area contributed by atoms with Gasteiger partial charge in [-0.1, -0.05) is 13.0 Å². The smallest absolute Gasteiger partial charge is 0.346 e. The van der Waals surface area contributed by atoms with Crippen LogP contribution in [0.2, 0.25) is 0 Å².